The summed E-state index contributed by atoms with van der Waals surface area (Å²) in [6.45, 7) is 7.21. The van der Waals surface area contributed by atoms with Crippen LogP contribution in [0.2, 0.25) is 0 Å². The Morgan fingerprint density at radius 2 is 1.93 bits per heavy atom. The van der Waals surface area contributed by atoms with Gasteiger partial charge in [0.25, 0.3) is 0 Å². The second-order valence-corrected chi connectivity index (χ2v) is 3.55. The quantitative estimate of drug-likeness (QED) is 0.711. The number of aryl methyl sites for hydroxylation is 2. The van der Waals surface area contributed by atoms with Crippen molar-refractivity contribution >= 4 is 5.95 Å². The van der Waals surface area contributed by atoms with Crippen molar-refractivity contribution < 1.29 is 4.74 Å². The summed E-state index contributed by atoms with van der Waals surface area (Å²) in [6, 6.07) is 0. The SMILES string of the molecule is CCc1nc(C)nc(N2CCOCC2)n1. The van der Waals surface area contributed by atoms with Crippen LogP contribution in [-0.4, -0.2) is 41.3 Å². The predicted molar refractivity (Wildman–Crippen MR) is 57.0 cm³/mol. The fourth-order valence-corrected chi connectivity index (χ4v) is 1.58. The smallest absolute Gasteiger partial charge is 0.229 e. The Hall–Kier alpha value is -1.23. The van der Waals surface area contributed by atoms with Gasteiger partial charge in [0.05, 0.1) is 13.2 Å². The van der Waals surface area contributed by atoms with Gasteiger partial charge in [0, 0.05) is 19.5 Å². The lowest BCUT2D eigenvalue weighted by Crippen LogP contribution is -2.37. The molecule has 2 rings (SSSR count). The Morgan fingerprint density at radius 1 is 1.20 bits per heavy atom. The van der Waals surface area contributed by atoms with Gasteiger partial charge in [0.2, 0.25) is 5.95 Å². The van der Waals surface area contributed by atoms with Crippen LogP contribution in [-0.2, 0) is 11.2 Å². The maximum Gasteiger partial charge on any atom is 0.229 e. The highest BCUT2D eigenvalue weighted by atomic mass is 16.5. The van der Waals surface area contributed by atoms with Crippen LogP contribution in [0.4, 0.5) is 5.95 Å². The van der Waals surface area contributed by atoms with Crippen molar-refractivity contribution in [3.8, 4) is 0 Å². The van der Waals surface area contributed by atoms with Crippen molar-refractivity contribution in [3.63, 3.8) is 0 Å². The van der Waals surface area contributed by atoms with Crippen LogP contribution in [0.3, 0.4) is 0 Å². The molecule has 1 aromatic rings. The molecule has 0 amide bonds. The maximum atomic E-state index is 5.30. The minimum Gasteiger partial charge on any atom is -0.378 e. The van der Waals surface area contributed by atoms with Crippen molar-refractivity contribution in [2.45, 2.75) is 20.3 Å². The second-order valence-electron chi connectivity index (χ2n) is 3.55. The minimum absolute atomic E-state index is 0.756. The Kier molecular flexibility index (Phi) is 3.11. The molecule has 0 unspecified atom stereocenters. The molecule has 0 saturated carbocycles. The lowest BCUT2D eigenvalue weighted by Gasteiger charge is -2.26. The van der Waals surface area contributed by atoms with E-state index in [1.54, 1.807) is 0 Å². The zero-order valence-electron chi connectivity index (χ0n) is 9.23. The molecular formula is C10H16N4O. The van der Waals surface area contributed by atoms with Crippen LogP contribution < -0.4 is 4.90 Å². The lowest BCUT2D eigenvalue weighted by molar-refractivity contribution is 0.122. The van der Waals surface area contributed by atoms with E-state index in [4.69, 9.17) is 4.74 Å². The van der Waals surface area contributed by atoms with Crippen molar-refractivity contribution in [3.05, 3.63) is 11.6 Å². The fourth-order valence-electron chi connectivity index (χ4n) is 1.58. The predicted octanol–water partition coefficient (Wildman–Crippen LogP) is 0.579. The number of rotatable bonds is 2. The third-order valence-electron chi connectivity index (χ3n) is 2.39. The van der Waals surface area contributed by atoms with Crippen LogP contribution in [0, 0.1) is 6.92 Å². The van der Waals surface area contributed by atoms with Crippen LogP contribution in [0.15, 0.2) is 0 Å². The van der Waals surface area contributed by atoms with Gasteiger partial charge in [0.1, 0.15) is 11.6 Å². The first-order valence-electron chi connectivity index (χ1n) is 5.34. The molecule has 0 aliphatic carbocycles. The monoisotopic (exact) mass is 208 g/mol. The summed E-state index contributed by atoms with van der Waals surface area (Å²) in [6.07, 6.45) is 0.848. The first-order chi connectivity index (χ1) is 7.29. The molecule has 1 aliphatic heterocycles. The number of hydrogen-bond acceptors (Lipinski definition) is 5. The first kappa shape index (κ1) is 10.3. The van der Waals surface area contributed by atoms with Gasteiger partial charge < -0.3 is 9.64 Å². The van der Waals surface area contributed by atoms with Gasteiger partial charge >= 0.3 is 0 Å². The molecular weight excluding hydrogens is 192 g/mol. The molecule has 1 aromatic heterocycles. The first-order valence-corrected chi connectivity index (χ1v) is 5.34. The average Bonchev–Trinajstić information content (AvgIpc) is 2.29. The van der Waals surface area contributed by atoms with Gasteiger partial charge in [-0.1, -0.05) is 6.92 Å². The van der Waals surface area contributed by atoms with Gasteiger partial charge in [-0.3, -0.25) is 0 Å². The highest BCUT2D eigenvalue weighted by Gasteiger charge is 2.14. The lowest BCUT2D eigenvalue weighted by atomic mass is 10.4. The summed E-state index contributed by atoms with van der Waals surface area (Å²) >= 11 is 0. The normalized spacial score (nSPS) is 16.8. The standard InChI is InChI=1S/C10H16N4O/c1-3-9-11-8(2)12-10(13-9)14-4-6-15-7-5-14/h3-7H2,1-2H3. The molecule has 5 heteroatoms. The van der Waals surface area contributed by atoms with Crippen molar-refractivity contribution in [2.24, 2.45) is 0 Å². The number of nitrogens with zero attached hydrogens (tertiary/aromatic N) is 4. The van der Waals surface area contributed by atoms with E-state index in [-0.39, 0.29) is 0 Å². The molecule has 1 fully saturated rings. The highest BCUT2D eigenvalue weighted by molar-refractivity contribution is 5.30. The van der Waals surface area contributed by atoms with Gasteiger partial charge in [-0.25, -0.2) is 4.98 Å². The van der Waals surface area contributed by atoms with Gasteiger partial charge in [-0.15, -0.1) is 0 Å². The van der Waals surface area contributed by atoms with Gasteiger partial charge in [-0.2, -0.15) is 9.97 Å². The zero-order chi connectivity index (χ0) is 10.7. The molecule has 5 nitrogen and oxygen atoms in total. The molecule has 0 N–H and O–H groups in total. The highest BCUT2D eigenvalue weighted by Crippen LogP contribution is 2.10. The van der Waals surface area contributed by atoms with Crippen LogP contribution in [0.25, 0.3) is 0 Å². The molecule has 0 atom stereocenters. The van der Waals surface area contributed by atoms with E-state index in [9.17, 15) is 0 Å². The van der Waals surface area contributed by atoms with E-state index in [2.05, 4.69) is 26.8 Å². The van der Waals surface area contributed by atoms with E-state index in [0.29, 0.717) is 0 Å². The third-order valence-corrected chi connectivity index (χ3v) is 2.39. The number of anilines is 1. The summed E-state index contributed by atoms with van der Waals surface area (Å²) in [7, 11) is 0. The van der Waals surface area contributed by atoms with E-state index < -0.39 is 0 Å². The zero-order valence-corrected chi connectivity index (χ0v) is 9.23. The molecule has 1 saturated heterocycles. The molecule has 82 valence electrons. The van der Waals surface area contributed by atoms with Crippen LogP contribution >= 0.6 is 0 Å². The molecule has 0 aromatic carbocycles. The summed E-state index contributed by atoms with van der Waals surface area (Å²) in [5.41, 5.74) is 0. The topological polar surface area (TPSA) is 51.1 Å². The second kappa shape index (κ2) is 4.53. The Balaban J connectivity index is 2.22. The van der Waals surface area contributed by atoms with Gasteiger partial charge in [-0.05, 0) is 6.92 Å². The van der Waals surface area contributed by atoms with Gasteiger partial charge in [0.15, 0.2) is 0 Å². The van der Waals surface area contributed by atoms with E-state index in [0.717, 1.165) is 50.3 Å². The molecule has 1 aliphatic rings. The van der Waals surface area contributed by atoms with Crippen molar-refractivity contribution in [1.82, 2.24) is 15.0 Å². The Bertz CT molecular complexity index is 336. The molecule has 0 spiro atoms. The van der Waals surface area contributed by atoms with E-state index >= 15 is 0 Å². The molecule has 2 heterocycles. The van der Waals surface area contributed by atoms with Crippen LogP contribution in [0.1, 0.15) is 18.6 Å². The Labute approximate surface area is 89.5 Å². The molecule has 0 bridgehead atoms. The van der Waals surface area contributed by atoms with E-state index in [1.165, 1.54) is 0 Å². The summed E-state index contributed by atoms with van der Waals surface area (Å²) in [5, 5.41) is 0. The number of morpholine rings is 1. The largest absolute Gasteiger partial charge is 0.378 e. The Morgan fingerprint density at radius 3 is 2.60 bits per heavy atom. The third kappa shape index (κ3) is 2.41. The van der Waals surface area contributed by atoms with Crippen molar-refractivity contribution in [1.29, 1.82) is 0 Å². The number of hydrogen-bond donors (Lipinski definition) is 0. The van der Waals surface area contributed by atoms with Crippen molar-refractivity contribution in [2.75, 3.05) is 31.2 Å². The van der Waals surface area contributed by atoms with Crippen LogP contribution in [0.5, 0.6) is 0 Å². The fraction of sp³-hybridized carbons (Fsp3) is 0.700. The number of ether oxygens (including phenoxy) is 1. The molecule has 15 heavy (non-hydrogen) atoms. The average molecular weight is 208 g/mol. The summed E-state index contributed by atoms with van der Waals surface area (Å²) in [4.78, 5) is 15.2. The minimum atomic E-state index is 0.756. The summed E-state index contributed by atoms with van der Waals surface area (Å²) in [5.74, 6) is 2.45. The molecule has 0 radical (unpaired) electrons. The summed E-state index contributed by atoms with van der Waals surface area (Å²) < 4.78 is 5.30. The number of aromatic nitrogens is 3. The maximum absolute atomic E-state index is 5.30. The van der Waals surface area contributed by atoms with E-state index in [1.807, 2.05) is 6.92 Å².